The molecule has 3 N–H and O–H groups in total. The van der Waals surface area contributed by atoms with Gasteiger partial charge in [-0.2, -0.15) is 0 Å². The summed E-state index contributed by atoms with van der Waals surface area (Å²) in [7, 11) is 1.59. The van der Waals surface area contributed by atoms with Crippen LogP contribution in [0.4, 0.5) is 0 Å². The molecule has 0 spiro atoms. The van der Waals surface area contributed by atoms with Gasteiger partial charge in [0.25, 0.3) is 5.91 Å². The van der Waals surface area contributed by atoms with Gasteiger partial charge in [-0.15, -0.1) is 0 Å². The number of nitrogens with one attached hydrogen (secondary N) is 1. The topological polar surface area (TPSA) is 77.2 Å². The number of pyridine rings is 1. The molecule has 0 aliphatic carbocycles. The Balaban J connectivity index is 2.55. The molecule has 0 radical (unpaired) electrons. The van der Waals surface area contributed by atoms with Crippen molar-refractivity contribution in [1.29, 1.82) is 0 Å². The van der Waals surface area contributed by atoms with Gasteiger partial charge in [-0.1, -0.05) is 11.6 Å². The highest BCUT2D eigenvalue weighted by Gasteiger charge is 2.14. The van der Waals surface area contributed by atoms with Gasteiger partial charge in [0.05, 0.1) is 24.1 Å². The van der Waals surface area contributed by atoms with E-state index in [0.717, 1.165) is 11.1 Å². The molecular formula is C15H16ClN3O2. The third kappa shape index (κ3) is 2.99. The molecule has 1 amide bonds. The minimum absolute atomic E-state index is 0.375. The number of hydrogen-bond donors (Lipinski definition) is 2. The molecule has 2 rings (SSSR count). The molecule has 0 atom stereocenters. The van der Waals surface area contributed by atoms with Gasteiger partial charge in [0.1, 0.15) is 5.75 Å². The molecule has 6 heteroatoms. The van der Waals surface area contributed by atoms with E-state index in [2.05, 4.69) is 10.4 Å². The monoisotopic (exact) mass is 305 g/mol. The van der Waals surface area contributed by atoms with Crippen LogP contribution in [0.5, 0.6) is 5.75 Å². The maximum absolute atomic E-state index is 11.6. The normalized spacial score (nSPS) is 10.3. The molecule has 0 aliphatic rings. The predicted molar refractivity (Wildman–Crippen MR) is 82.4 cm³/mol. The lowest BCUT2D eigenvalue weighted by molar-refractivity contribution is 0.0952. The Kier molecular flexibility index (Phi) is 4.45. The number of nitrogens with two attached hydrogens (primary N) is 1. The smallest absolute Gasteiger partial charge is 0.267 e. The van der Waals surface area contributed by atoms with Crippen LogP contribution >= 0.6 is 11.6 Å². The van der Waals surface area contributed by atoms with Crippen LogP contribution in [-0.2, 0) is 0 Å². The second-order valence-corrected chi connectivity index (χ2v) is 5.01. The van der Waals surface area contributed by atoms with E-state index in [1.807, 2.05) is 13.0 Å². The summed E-state index contributed by atoms with van der Waals surface area (Å²) in [5, 5.41) is 0.633. The highest BCUT2D eigenvalue weighted by molar-refractivity contribution is 6.31. The molecule has 21 heavy (non-hydrogen) atoms. The SMILES string of the molecule is COc1cc(C)c(Cl)cc1-c1ccc(C(=O)NN)c(C)n1. The summed E-state index contributed by atoms with van der Waals surface area (Å²) in [6, 6.07) is 7.07. The maximum Gasteiger partial charge on any atom is 0.267 e. The number of nitrogens with zero attached hydrogens (tertiary/aromatic N) is 1. The summed E-state index contributed by atoms with van der Waals surface area (Å²) in [5.74, 6) is 5.45. The standard InChI is InChI=1S/C15H16ClN3O2/c1-8-6-14(21-3)11(7-12(8)16)13-5-4-10(9(2)18-13)15(20)19-17/h4-7H,17H2,1-3H3,(H,19,20). The summed E-state index contributed by atoms with van der Waals surface area (Å²) in [6.45, 7) is 3.65. The molecule has 0 aliphatic heterocycles. The van der Waals surface area contributed by atoms with Gasteiger partial charge in [0.15, 0.2) is 0 Å². The Morgan fingerprint density at radius 1 is 1.33 bits per heavy atom. The second kappa shape index (κ2) is 6.11. The van der Waals surface area contributed by atoms with Crippen LogP contribution < -0.4 is 16.0 Å². The molecule has 1 heterocycles. The molecule has 0 saturated carbocycles. The van der Waals surface area contributed by atoms with Crippen LogP contribution in [0.3, 0.4) is 0 Å². The van der Waals surface area contributed by atoms with E-state index in [1.165, 1.54) is 0 Å². The minimum atomic E-state index is -0.375. The number of hydrazine groups is 1. The first-order valence-corrected chi connectivity index (χ1v) is 6.68. The van der Waals surface area contributed by atoms with E-state index >= 15 is 0 Å². The molecule has 0 unspecified atom stereocenters. The first-order valence-electron chi connectivity index (χ1n) is 6.31. The third-order valence-electron chi connectivity index (χ3n) is 3.22. The molecule has 1 aromatic heterocycles. The van der Waals surface area contributed by atoms with Gasteiger partial charge in [-0.25, -0.2) is 5.84 Å². The third-order valence-corrected chi connectivity index (χ3v) is 3.63. The fourth-order valence-corrected chi connectivity index (χ4v) is 2.22. The zero-order valence-corrected chi connectivity index (χ0v) is 12.8. The number of halogens is 1. The average Bonchev–Trinajstić information content (AvgIpc) is 2.48. The molecule has 110 valence electrons. The number of rotatable bonds is 3. The number of ether oxygens (including phenoxy) is 1. The van der Waals surface area contributed by atoms with Crippen molar-refractivity contribution in [3.63, 3.8) is 0 Å². The fourth-order valence-electron chi connectivity index (χ4n) is 2.05. The van der Waals surface area contributed by atoms with Crippen LogP contribution in [0.1, 0.15) is 21.6 Å². The molecular weight excluding hydrogens is 290 g/mol. The molecule has 0 saturated heterocycles. The fraction of sp³-hybridized carbons (Fsp3) is 0.200. The number of aromatic nitrogens is 1. The van der Waals surface area contributed by atoms with E-state index in [0.29, 0.717) is 27.7 Å². The van der Waals surface area contributed by atoms with E-state index in [4.69, 9.17) is 22.2 Å². The van der Waals surface area contributed by atoms with Gasteiger partial charge in [-0.3, -0.25) is 15.2 Å². The number of carbonyl (C=O) groups is 1. The number of hydrogen-bond acceptors (Lipinski definition) is 4. The Hall–Kier alpha value is -2.11. The lowest BCUT2D eigenvalue weighted by atomic mass is 10.1. The van der Waals surface area contributed by atoms with Crippen molar-refractivity contribution < 1.29 is 9.53 Å². The van der Waals surface area contributed by atoms with Crippen molar-refractivity contribution in [1.82, 2.24) is 10.4 Å². The van der Waals surface area contributed by atoms with Crippen molar-refractivity contribution in [2.45, 2.75) is 13.8 Å². The average molecular weight is 306 g/mol. The van der Waals surface area contributed by atoms with Gasteiger partial charge in [-0.05, 0) is 43.7 Å². The quantitative estimate of drug-likeness (QED) is 0.519. The van der Waals surface area contributed by atoms with Crippen LogP contribution in [0, 0.1) is 13.8 Å². The van der Waals surface area contributed by atoms with Gasteiger partial charge < -0.3 is 4.74 Å². The van der Waals surface area contributed by atoms with Crippen LogP contribution in [-0.4, -0.2) is 18.0 Å². The lowest BCUT2D eigenvalue weighted by Gasteiger charge is -2.12. The summed E-state index contributed by atoms with van der Waals surface area (Å²) >= 11 is 6.17. The van der Waals surface area contributed by atoms with Gasteiger partial charge >= 0.3 is 0 Å². The lowest BCUT2D eigenvalue weighted by Crippen LogP contribution is -2.30. The number of benzene rings is 1. The maximum atomic E-state index is 11.6. The second-order valence-electron chi connectivity index (χ2n) is 4.60. The molecule has 1 aromatic carbocycles. The first kappa shape index (κ1) is 15.3. The highest BCUT2D eigenvalue weighted by atomic mass is 35.5. The summed E-state index contributed by atoms with van der Waals surface area (Å²) < 4.78 is 5.38. The Labute approximate surface area is 128 Å². The highest BCUT2D eigenvalue weighted by Crippen LogP contribution is 2.34. The first-order chi connectivity index (χ1) is 9.97. The molecule has 5 nitrogen and oxygen atoms in total. The number of nitrogen functional groups attached to an aromatic ring is 1. The zero-order chi connectivity index (χ0) is 15.6. The Morgan fingerprint density at radius 2 is 2.05 bits per heavy atom. The minimum Gasteiger partial charge on any atom is -0.496 e. The van der Waals surface area contributed by atoms with Crippen molar-refractivity contribution in [3.8, 4) is 17.0 Å². The number of amides is 1. The van der Waals surface area contributed by atoms with Crippen molar-refractivity contribution >= 4 is 17.5 Å². The number of methoxy groups -OCH3 is 1. The molecule has 2 aromatic rings. The van der Waals surface area contributed by atoms with Gasteiger partial charge in [0, 0.05) is 10.6 Å². The van der Waals surface area contributed by atoms with E-state index in [1.54, 1.807) is 32.2 Å². The van der Waals surface area contributed by atoms with E-state index < -0.39 is 0 Å². The van der Waals surface area contributed by atoms with Crippen LogP contribution in [0.15, 0.2) is 24.3 Å². The van der Waals surface area contributed by atoms with Gasteiger partial charge in [0.2, 0.25) is 0 Å². The summed E-state index contributed by atoms with van der Waals surface area (Å²) in [6.07, 6.45) is 0. The van der Waals surface area contributed by atoms with Crippen molar-refractivity contribution in [3.05, 3.63) is 46.1 Å². The van der Waals surface area contributed by atoms with Crippen molar-refractivity contribution in [2.75, 3.05) is 7.11 Å². The zero-order valence-electron chi connectivity index (χ0n) is 12.0. The molecule has 0 fully saturated rings. The Bertz CT molecular complexity index is 702. The van der Waals surface area contributed by atoms with Crippen molar-refractivity contribution in [2.24, 2.45) is 5.84 Å². The van der Waals surface area contributed by atoms with Crippen LogP contribution in [0.2, 0.25) is 5.02 Å². The number of aryl methyl sites for hydroxylation is 2. The molecule has 0 bridgehead atoms. The summed E-state index contributed by atoms with van der Waals surface area (Å²) in [5.41, 5.74) is 5.48. The van der Waals surface area contributed by atoms with E-state index in [9.17, 15) is 4.79 Å². The van der Waals surface area contributed by atoms with E-state index in [-0.39, 0.29) is 5.91 Å². The largest absolute Gasteiger partial charge is 0.496 e. The van der Waals surface area contributed by atoms with Crippen LogP contribution in [0.25, 0.3) is 11.3 Å². The summed E-state index contributed by atoms with van der Waals surface area (Å²) in [4.78, 5) is 16.0. The predicted octanol–water partition coefficient (Wildman–Crippen LogP) is 2.63. The number of carbonyl (C=O) groups excluding carboxylic acids is 1. The Morgan fingerprint density at radius 3 is 2.62 bits per heavy atom.